The van der Waals surface area contributed by atoms with Crippen LogP contribution in [0.2, 0.25) is 0 Å². The van der Waals surface area contributed by atoms with Crippen molar-refractivity contribution in [2.45, 2.75) is 36.9 Å². The van der Waals surface area contributed by atoms with E-state index in [0.29, 0.717) is 22.7 Å². The number of nitrogens with one attached hydrogen (secondary N) is 1. The Morgan fingerprint density at radius 1 is 1.18 bits per heavy atom. The zero-order chi connectivity index (χ0) is 19.9. The van der Waals surface area contributed by atoms with Gasteiger partial charge in [0.25, 0.3) is 5.91 Å². The first-order valence-electron chi connectivity index (χ1n) is 8.97. The van der Waals surface area contributed by atoms with E-state index in [1.807, 2.05) is 55.5 Å². The number of halogens is 1. The number of anilines is 1. The molecule has 0 aliphatic heterocycles. The maximum Gasteiger partial charge on any atom is 0.262 e. The third-order valence-electron chi connectivity index (χ3n) is 3.98. The number of carbonyl (C=O) groups is 1. The molecule has 0 aliphatic carbocycles. The Morgan fingerprint density at radius 3 is 2.64 bits per heavy atom. The van der Waals surface area contributed by atoms with Gasteiger partial charge in [-0.3, -0.25) is 4.79 Å². The van der Waals surface area contributed by atoms with Gasteiger partial charge in [-0.2, -0.15) is 4.98 Å². The van der Waals surface area contributed by atoms with Crippen molar-refractivity contribution >= 4 is 39.3 Å². The van der Waals surface area contributed by atoms with Crippen LogP contribution in [0, 0.1) is 0 Å². The lowest BCUT2D eigenvalue weighted by molar-refractivity contribution is -0.118. The van der Waals surface area contributed by atoms with E-state index in [9.17, 15) is 4.79 Å². The zero-order valence-electron chi connectivity index (χ0n) is 15.7. The molecular weight excluding hydrogens is 440 g/mol. The monoisotopic (exact) mass is 460 g/mol. The SMILES string of the molecule is CCc1ccc(OCC(=O)Nc2ccccc2Sc2nc(Br)nn2CC)cc1. The molecule has 1 N–H and O–H groups in total. The summed E-state index contributed by atoms with van der Waals surface area (Å²) >= 11 is 4.76. The Balaban J connectivity index is 1.64. The molecule has 1 amide bonds. The Kier molecular flexibility index (Phi) is 7.11. The predicted octanol–water partition coefficient (Wildman–Crippen LogP) is 4.79. The molecular formula is C20H21BrN4O2S. The molecule has 0 saturated heterocycles. The van der Waals surface area contributed by atoms with Crippen molar-refractivity contribution in [1.82, 2.24) is 14.8 Å². The van der Waals surface area contributed by atoms with Gasteiger partial charge in [0.15, 0.2) is 11.8 Å². The molecule has 3 rings (SSSR count). The van der Waals surface area contributed by atoms with Crippen LogP contribution in [0.3, 0.4) is 0 Å². The summed E-state index contributed by atoms with van der Waals surface area (Å²) < 4.78 is 7.93. The van der Waals surface area contributed by atoms with E-state index in [2.05, 4.69) is 38.3 Å². The zero-order valence-corrected chi connectivity index (χ0v) is 18.1. The molecule has 2 aromatic carbocycles. The van der Waals surface area contributed by atoms with Crippen molar-refractivity contribution in [3.05, 3.63) is 58.8 Å². The highest BCUT2D eigenvalue weighted by atomic mass is 79.9. The van der Waals surface area contributed by atoms with Crippen LogP contribution in [0.1, 0.15) is 19.4 Å². The molecule has 0 unspecified atom stereocenters. The summed E-state index contributed by atoms with van der Waals surface area (Å²) in [6.45, 7) is 4.75. The van der Waals surface area contributed by atoms with Crippen LogP contribution in [0.15, 0.2) is 63.3 Å². The van der Waals surface area contributed by atoms with E-state index in [4.69, 9.17) is 4.74 Å². The minimum Gasteiger partial charge on any atom is -0.484 e. The van der Waals surface area contributed by atoms with Gasteiger partial charge in [0.1, 0.15) is 5.75 Å². The Morgan fingerprint density at radius 2 is 1.93 bits per heavy atom. The molecule has 6 nitrogen and oxygen atoms in total. The van der Waals surface area contributed by atoms with Crippen LogP contribution in [0.25, 0.3) is 0 Å². The van der Waals surface area contributed by atoms with Gasteiger partial charge < -0.3 is 10.1 Å². The normalized spacial score (nSPS) is 10.7. The second kappa shape index (κ2) is 9.75. The van der Waals surface area contributed by atoms with Crippen LogP contribution in [0.5, 0.6) is 5.75 Å². The third-order valence-corrected chi connectivity index (χ3v) is 5.37. The molecule has 0 saturated carbocycles. The highest BCUT2D eigenvalue weighted by Gasteiger charge is 2.13. The molecule has 0 fully saturated rings. The summed E-state index contributed by atoms with van der Waals surface area (Å²) in [6.07, 6.45) is 0.970. The van der Waals surface area contributed by atoms with Gasteiger partial charge in [-0.25, -0.2) is 4.68 Å². The number of ether oxygens (including phenoxy) is 1. The smallest absolute Gasteiger partial charge is 0.262 e. The lowest BCUT2D eigenvalue weighted by atomic mass is 10.2. The highest BCUT2D eigenvalue weighted by Crippen LogP contribution is 2.33. The van der Waals surface area contributed by atoms with Gasteiger partial charge in [-0.1, -0.05) is 31.2 Å². The maximum atomic E-state index is 12.4. The molecule has 0 spiro atoms. The topological polar surface area (TPSA) is 69.0 Å². The maximum absolute atomic E-state index is 12.4. The number of carbonyl (C=O) groups excluding carboxylic acids is 1. The standard InChI is InChI=1S/C20H21BrN4O2S/c1-3-14-9-11-15(12-10-14)27-13-18(26)22-16-7-5-6-8-17(16)28-20-23-19(21)24-25(20)4-2/h5-12H,3-4,13H2,1-2H3,(H,22,26). The largest absolute Gasteiger partial charge is 0.484 e. The Labute approximate surface area is 176 Å². The van der Waals surface area contributed by atoms with E-state index < -0.39 is 0 Å². The van der Waals surface area contributed by atoms with E-state index >= 15 is 0 Å². The molecule has 3 aromatic rings. The van der Waals surface area contributed by atoms with Gasteiger partial charge >= 0.3 is 0 Å². The van der Waals surface area contributed by atoms with Crippen molar-refractivity contribution in [2.75, 3.05) is 11.9 Å². The number of hydrogen-bond donors (Lipinski definition) is 1. The Bertz CT molecular complexity index is 944. The summed E-state index contributed by atoms with van der Waals surface area (Å²) in [7, 11) is 0. The molecule has 1 heterocycles. The molecule has 0 bridgehead atoms. The van der Waals surface area contributed by atoms with E-state index in [1.54, 1.807) is 4.68 Å². The number of aromatic nitrogens is 3. The minimum atomic E-state index is -0.217. The van der Waals surface area contributed by atoms with Gasteiger partial charge in [0, 0.05) is 11.4 Å². The fraction of sp³-hybridized carbons (Fsp3) is 0.250. The first-order chi connectivity index (χ1) is 13.6. The number of benzene rings is 2. The van der Waals surface area contributed by atoms with Crippen LogP contribution >= 0.6 is 27.7 Å². The van der Waals surface area contributed by atoms with Crippen molar-refractivity contribution < 1.29 is 9.53 Å². The lowest BCUT2D eigenvalue weighted by Gasteiger charge is -2.11. The number of rotatable bonds is 8. The summed E-state index contributed by atoms with van der Waals surface area (Å²) in [5.74, 6) is 0.460. The summed E-state index contributed by atoms with van der Waals surface area (Å²) in [6, 6.07) is 15.4. The van der Waals surface area contributed by atoms with Crippen LogP contribution < -0.4 is 10.1 Å². The molecule has 146 valence electrons. The second-order valence-electron chi connectivity index (χ2n) is 5.91. The fourth-order valence-electron chi connectivity index (χ4n) is 2.50. The molecule has 28 heavy (non-hydrogen) atoms. The number of aryl methyl sites for hydroxylation is 2. The molecule has 0 aliphatic rings. The van der Waals surface area contributed by atoms with Crippen molar-refractivity contribution in [2.24, 2.45) is 0 Å². The van der Waals surface area contributed by atoms with Gasteiger partial charge in [-0.15, -0.1) is 5.10 Å². The average Bonchev–Trinajstić information content (AvgIpc) is 3.07. The lowest BCUT2D eigenvalue weighted by Crippen LogP contribution is -2.20. The molecule has 1 aromatic heterocycles. The molecule has 8 heteroatoms. The van der Waals surface area contributed by atoms with Gasteiger partial charge in [-0.05, 0) is 70.9 Å². The minimum absolute atomic E-state index is 0.0544. The van der Waals surface area contributed by atoms with E-state index in [1.165, 1.54) is 17.3 Å². The Hall–Kier alpha value is -2.32. The summed E-state index contributed by atoms with van der Waals surface area (Å²) in [5, 5.41) is 7.95. The first-order valence-corrected chi connectivity index (χ1v) is 10.6. The van der Waals surface area contributed by atoms with Crippen LogP contribution in [0.4, 0.5) is 5.69 Å². The average molecular weight is 461 g/mol. The molecule has 0 atom stereocenters. The van der Waals surface area contributed by atoms with Crippen LogP contribution in [-0.4, -0.2) is 27.3 Å². The summed E-state index contributed by atoms with van der Waals surface area (Å²) in [5.41, 5.74) is 1.94. The predicted molar refractivity (Wildman–Crippen MR) is 114 cm³/mol. The van der Waals surface area contributed by atoms with Crippen molar-refractivity contribution in [3.8, 4) is 5.75 Å². The quantitative estimate of drug-likeness (QED) is 0.523. The van der Waals surface area contributed by atoms with Gasteiger partial charge in [0.2, 0.25) is 4.73 Å². The van der Waals surface area contributed by atoms with E-state index in [0.717, 1.165) is 16.5 Å². The van der Waals surface area contributed by atoms with Gasteiger partial charge in [0.05, 0.1) is 5.69 Å². The number of hydrogen-bond acceptors (Lipinski definition) is 5. The third kappa shape index (κ3) is 5.36. The number of para-hydroxylation sites is 1. The highest BCUT2D eigenvalue weighted by molar-refractivity contribution is 9.10. The van der Waals surface area contributed by atoms with E-state index in [-0.39, 0.29) is 12.5 Å². The number of amides is 1. The van der Waals surface area contributed by atoms with Crippen molar-refractivity contribution in [3.63, 3.8) is 0 Å². The first kappa shape index (κ1) is 20.4. The van der Waals surface area contributed by atoms with Crippen molar-refractivity contribution in [1.29, 1.82) is 0 Å². The number of nitrogens with zero attached hydrogens (tertiary/aromatic N) is 3. The molecule has 0 radical (unpaired) electrons. The van der Waals surface area contributed by atoms with Crippen LogP contribution in [-0.2, 0) is 17.8 Å². The fourth-order valence-corrected chi connectivity index (χ4v) is 3.95. The summed E-state index contributed by atoms with van der Waals surface area (Å²) in [4.78, 5) is 17.6. The second-order valence-corrected chi connectivity index (χ2v) is 7.63.